The first-order valence-corrected chi connectivity index (χ1v) is 5.65. The Morgan fingerprint density at radius 1 is 1.50 bits per heavy atom. The first-order chi connectivity index (χ1) is 7.81. The lowest BCUT2D eigenvalue weighted by molar-refractivity contribution is 0.0980. The summed E-state index contributed by atoms with van der Waals surface area (Å²) in [5.41, 5.74) is 3.22. The fourth-order valence-electron chi connectivity index (χ4n) is 1.96. The van der Waals surface area contributed by atoms with Gasteiger partial charge < -0.3 is 5.32 Å². The van der Waals surface area contributed by atoms with Gasteiger partial charge in [-0.15, -0.1) is 12.3 Å². The minimum Gasteiger partial charge on any atom is -0.384 e. The average molecular weight is 213 g/mol. The van der Waals surface area contributed by atoms with Gasteiger partial charge in [-0.1, -0.05) is 12.1 Å². The van der Waals surface area contributed by atoms with Crippen molar-refractivity contribution in [2.45, 2.75) is 25.7 Å². The van der Waals surface area contributed by atoms with Gasteiger partial charge in [-0.3, -0.25) is 4.79 Å². The minimum atomic E-state index is 0.187. The van der Waals surface area contributed by atoms with Gasteiger partial charge in [0.05, 0.1) is 0 Å². The summed E-state index contributed by atoms with van der Waals surface area (Å²) in [5.74, 6) is 2.74. The van der Waals surface area contributed by atoms with E-state index in [1.807, 2.05) is 18.2 Å². The van der Waals surface area contributed by atoms with Crippen molar-refractivity contribution in [2.24, 2.45) is 0 Å². The fourth-order valence-corrected chi connectivity index (χ4v) is 1.96. The maximum atomic E-state index is 11.8. The van der Waals surface area contributed by atoms with Crippen LogP contribution in [-0.2, 0) is 6.42 Å². The van der Waals surface area contributed by atoms with E-state index >= 15 is 0 Å². The summed E-state index contributed by atoms with van der Waals surface area (Å²) in [6.45, 7) is 0.976. The lowest BCUT2D eigenvalue weighted by Gasteiger charge is -2.03. The Kier molecular flexibility index (Phi) is 3.26. The van der Waals surface area contributed by atoms with Gasteiger partial charge in [0, 0.05) is 30.6 Å². The largest absolute Gasteiger partial charge is 0.384 e. The summed E-state index contributed by atoms with van der Waals surface area (Å²) < 4.78 is 0. The lowest BCUT2D eigenvalue weighted by Crippen LogP contribution is -1.99. The Balaban J connectivity index is 2.04. The molecule has 1 aromatic carbocycles. The van der Waals surface area contributed by atoms with Gasteiger partial charge in [0.25, 0.3) is 0 Å². The number of carbonyl (C=O) groups excluding carboxylic acids is 1. The number of carbonyl (C=O) groups is 1. The first kappa shape index (κ1) is 10.8. The van der Waals surface area contributed by atoms with Crippen LogP contribution in [0.3, 0.4) is 0 Å². The molecule has 2 heteroatoms. The van der Waals surface area contributed by atoms with E-state index < -0.39 is 0 Å². The molecule has 1 aliphatic rings. The van der Waals surface area contributed by atoms with E-state index in [9.17, 15) is 4.79 Å². The maximum Gasteiger partial charge on any atom is 0.162 e. The predicted octanol–water partition coefficient (Wildman–Crippen LogP) is 2.64. The Hall–Kier alpha value is -1.75. The Labute approximate surface area is 96.1 Å². The molecule has 0 radical (unpaired) electrons. The second kappa shape index (κ2) is 4.85. The van der Waals surface area contributed by atoms with Crippen LogP contribution in [0.4, 0.5) is 5.69 Å². The summed E-state index contributed by atoms with van der Waals surface area (Å²) >= 11 is 0. The molecule has 16 heavy (non-hydrogen) atoms. The third kappa shape index (κ3) is 2.25. The second-order valence-corrected chi connectivity index (χ2v) is 4.03. The van der Waals surface area contributed by atoms with Crippen LogP contribution < -0.4 is 5.32 Å². The van der Waals surface area contributed by atoms with Crippen molar-refractivity contribution in [3.8, 4) is 12.3 Å². The number of terminal acetylenes is 1. The van der Waals surface area contributed by atoms with Crippen molar-refractivity contribution >= 4 is 11.5 Å². The highest BCUT2D eigenvalue weighted by atomic mass is 16.1. The molecular formula is C14H15NO. The van der Waals surface area contributed by atoms with Gasteiger partial charge in [0.1, 0.15) is 0 Å². The van der Waals surface area contributed by atoms with Gasteiger partial charge in [0.2, 0.25) is 0 Å². The number of ketones is 1. The number of unbranched alkanes of at least 4 members (excludes halogenated alkanes) is 1. The standard InChI is InChI=1S/C14H15NO/c1-2-3-4-5-14(16)12-7-6-11-8-9-15-13(11)10-12/h1,6-7,10,15H,3-5,8-9H2. The van der Waals surface area contributed by atoms with E-state index in [0.29, 0.717) is 12.8 Å². The highest BCUT2D eigenvalue weighted by Gasteiger charge is 2.12. The van der Waals surface area contributed by atoms with Gasteiger partial charge in [-0.2, -0.15) is 0 Å². The zero-order valence-electron chi connectivity index (χ0n) is 9.25. The molecule has 2 rings (SSSR count). The molecule has 0 atom stereocenters. The molecule has 0 amide bonds. The molecule has 82 valence electrons. The van der Waals surface area contributed by atoms with Gasteiger partial charge in [0.15, 0.2) is 5.78 Å². The topological polar surface area (TPSA) is 29.1 Å². The summed E-state index contributed by atoms with van der Waals surface area (Å²) in [5, 5.41) is 3.28. The molecule has 0 spiro atoms. The zero-order valence-corrected chi connectivity index (χ0v) is 9.25. The Bertz CT molecular complexity index is 443. The normalized spacial score (nSPS) is 12.7. The van der Waals surface area contributed by atoms with Crippen LogP contribution in [0.1, 0.15) is 35.2 Å². The molecule has 0 saturated heterocycles. The summed E-state index contributed by atoms with van der Waals surface area (Å²) in [7, 11) is 0. The highest BCUT2D eigenvalue weighted by molar-refractivity contribution is 5.97. The quantitative estimate of drug-likeness (QED) is 0.473. The molecule has 0 aromatic heterocycles. The number of benzene rings is 1. The fraction of sp³-hybridized carbons (Fsp3) is 0.357. The predicted molar refractivity (Wildman–Crippen MR) is 65.7 cm³/mol. The van der Waals surface area contributed by atoms with E-state index in [-0.39, 0.29) is 5.78 Å². The van der Waals surface area contributed by atoms with Crippen LogP contribution in [0.25, 0.3) is 0 Å². The Morgan fingerprint density at radius 2 is 2.38 bits per heavy atom. The van der Waals surface area contributed by atoms with Crippen molar-refractivity contribution in [1.82, 2.24) is 0 Å². The number of nitrogens with one attached hydrogen (secondary N) is 1. The van der Waals surface area contributed by atoms with Crippen molar-refractivity contribution in [1.29, 1.82) is 0 Å². The molecule has 1 aromatic rings. The summed E-state index contributed by atoms with van der Waals surface area (Å²) in [4.78, 5) is 11.8. The van der Waals surface area contributed by atoms with Crippen molar-refractivity contribution < 1.29 is 4.79 Å². The molecule has 1 heterocycles. The molecular weight excluding hydrogens is 198 g/mol. The molecule has 0 aliphatic carbocycles. The van der Waals surface area contributed by atoms with Crippen LogP contribution in [0.2, 0.25) is 0 Å². The number of hydrogen-bond donors (Lipinski definition) is 1. The first-order valence-electron chi connectivity index (χ1n) is 5.65. The van der Waals surface area contributed by atoms with E-state index in [1.165, 1.54) is 5.56 Å². The van der Waals surface area contributed by atoms with Crippen LogP contribution in [0.15, 0.2) is 18.2 Å². The molecule has 2 nitrogen and oxygen atoms in total. The van der Waals surface area contributed by atoms with Gasteiger partial charge in [-0.05, 0) is 24.5 Å². The number of Topliss-reactive ketones (excluding diaryl/α,β-unsaturated/α-hetero) is 1. The van der Waals surface area contributed by atoms with Crippen LogP contribution in [-0.4, -0.2) is 12.3 Å². The molecule has 0 fully saturated rings. The average Bonchev–Trinajstić information content (AvgIpc) is 2.76. The maximum absolute atomic E-state index is 11.8. The molecule has 0 unspecified atom stereocenters. The summed E-state index contributed by atoms with van der Waals surface area (Å²) in [6, 6.07) is 5.92. The molecule has 0 saturated carbocycles. The van der Waals surface area contributed by atoms with E-state index in [4.69, 9.17) is 6.42 Å². The smallest absolute Gasteiger partial charge is 0.162 e. The highest BCUT2D eigenvalue weighted by Crippen LogP contribution is 2.23. The molecule has 0 bridgehead atoms. The minimum absolute atomic E-state index is 0.187. The third-order valence-electron chi connectivity index (χ3n) is 2.87. The lowest BCUT2D eigenvalue weighted by atomic mass is 10.0. The van der Waals surface area contributed by atoms with Crippen molar-refractivity contribution in [3.63, 3.8) is 0 Å². The third-order valence-corrected chi connectivity index (χ3v) is 2.87. The van der Waals surface area contributed by atoms with Gasteiger partial charge >= 0.3 is 0 Å². The van der Waals surface area contributed by atoms with E-state index in [1.54, 1.807) is 0 Å². The Morgan fingerprint density at radius 3 is 3.19 bits per heavy atom. The number of anilines is 1. The number of rotatable bonds is 4. The van der Waals surface area contributed by atoms with E-state index in [0.717, 1.165) is 30.6 Å². The SMILES string of the molecule is C#CCCCC(=O)c1ccc2c(c1)NCC2. The van der Waals surface area contributed by atoms with Crippen LogP contribution in [0, 0.1) is 12.3 Å². The number of fused-ring (bicyclic) bond motifs is 1. The zero-order chi connectivity index (χ0) is 11.4. The molecule has 1 N–H and O–H groups in total. The molecule has 1 aliphatic heterocycles. The van der Waals surface area contributed by atoms with Crippen molar-refractivity contribution in [2.75, 3.05) is 11.9 Å². The van der Waals surface area contributed by atoms with Crippen LogP contribution >= 0.6 is 0 Å². The number of hydrogen-bond acceptors (Lipinski definition) is 2. The second-order valence-electron chi connectivity index (χ2n) is 4.03. The van der Waals surface area contributed by atoms with E-state index in [2.05, 4.69) is 11.2 Å². The van der Waals surface area contributed by atoms with Crippen LogP contribution in [0.5, 0.6) is 0 Å². The monoisotopic (exact) mass is 213 g/mol. The van der Waals surface area contributed by atoms with Gasteiger partial charge in [-0.25, -0.2) is 0 Å². The van der Waals surface area contributed by atoms with Crippen molar-refractivity contribution in [3.05, 3.63) is 29.3 Å². The summed E-state index contributed by atoms with van der Waals surface area (Å²) in [6.07, 6.45) is 8.21.